The number of aromatic nitrogens is 1. The second-order valence-electron chi connectivity index (χ2n) is 8.56. The third-order valence-electron chi connectivity index (χ3n) is 6.68. The molecule has 0 aliphatic carbocycles. The van der Waals surface area contributed by atoms with E-state index < -0.39 is 5.54 Å². The molecule has 0 spiro atoms. The van der Waals surface area contributed by atoms with E-state index in [-0.39, 0.29) is 23.8 Å². The first kappa shape index (κ1) is 23.8. The van der Waals surface area contributed by atoms with Gasteiger partial charge < -0.3 is 10.2 Å². The zero-order chi connectivity index (χ0) is 23.4. The molecule has 4 heterocycles. The lowest BCUT2D eigenvalue weighted by atomic mass is 9.74. The van der Waals surface area contributed by atoms with Crippen molar-refractivity contribution < 1.29 is 14.4 Å². The molecule has 2 saturated heterocycles. The zero-order valence-electron chi connectivity index (χ0n) is 19.1. The third-order valence-corrected chi connectivity index (χ3v) is 8.33. The molecule has 1 atom stereocenters. The van der Waals surface area contributed by atoms with E-state index in [9.17, 15) is 14.4 Å². The molecule has 176 valence electrons. The predicted molar refractivity (Wildman–Crippen MR) is 131 cm³/mol. The summed E-state index contributed by atoms with van der Waals surface area (Å²) in [5, 5.41) is 5.82. The number of pyridine rings is 1. The standard InChI is InChI=1S/C24H30N4O3S2/c1-3-11-24(22(30)28(23(31)26-24)15-10-18-6-5-16-33-18)17-8-13-27(14-9-17)21(29)19-7-4-12-25-20(19)32-2/h4-7,12,16-17H,3,8-11,13-15H2,1-2H3,(H,26,31)/t24-/m0/s1. The van der Waals surface area contributed by atoms with Crippen molar-refractivity contribution >= 4 is 40.9 Å². The van der Waals surface area contributed by atoms with E-state index in [0.717, 1.165) is 16.3 Å². The summed E-state index contributed by atoms with van der Waals surface area (Å²) < 4.78 is 0. The van der Waals surface area contributed by atoms with Gasteiger partial charge in [0.1, 0.15) is 10.6 Å². The Morgan fingerprint density at radius 1 is 1.27 bits per heavy atom. The molecule has 2 aliphatic heterocycles. The molecule has 0 saturated carbocycles. The van der Waals surface area contributed by atoms with E-state index >= 15 is 0 Å². The van der Waals surface area contributed by atoms with E-state index in [1.54, 1.807) is 23.6 Å². The minimum absolute atomic E-state index is 0.0126. The van der Waals surface area contributed by atoms with Gasteiger partial charge in [0.15, 0.2) is 0 Å². The first-order valence-electron chi connectivity index (χ1n) is 11.4. The number of thiophene rings is 1. The lowest BCUT2D eigenvalue weighted by Gasteiger charge is -2.41. The molecule has 0 radical (unpaired) electrons. The van der Waals surface area contributed by atoms with Gasteiger partial charge in [-0.25, -0.2) is 9.78 Å². The topological polar surface area (TPSA) is 82.6 Å². The number of amides is 4. The van der Waals surface area contributed by atoms with Gasteiger partial charge in [-0.05, 0) is 61.4 Å². The van der Waals surface area contributed by atoms with Crippen LogP contribution in [0, 0.1) is 5.92 Å². The van der Waals surface area contributed by atoms with Gasteiger partial charge in [0.05, 0.1) is 5.56 Å². The van der Waals surface area contributed by atoms with Crippen molar-refractivity contribution in [2.75, 3.05) is 25.9 Å². The number of nitrogens with zero attached hydrogens (tertiary/aromatic N) is 3. The van der Waals surface area contributed by atoms with Gasteiger partial charge in [-0.3, -0.25) is 14.5 Å². The number of carbonyl (C=O) groups is 3. The summed E-state index contributed by atoms with van der Waals surface area (Å²) in [6.45, 7) is 3.57. The summed E-state index contributed by atoms with van der Waals surface area (Å²) in [6, 6.07) is 7.32. The van der Waals surface area contributed by atoms with Crippen molar-refractivity contribution in [1.82, 2.24) is 20.1 Å². The van der Waals surface area contributed by atoms with Crippen LogP contribution in [0.1, 0.15) is 47.8 Å². The summed E-state index contributed by atoms with van der Waals surface area (Å²) in [5.74, 6) is -0.110. The normalized spacial score (nSPS) is 21.5. The number of thioether (sulfide) groups is 1. The van der Waals surface area contributed by atoms with Crippen LogP contribution in [0.15, 0.2) is 40.9 Å². The minimum atomic E-state index is -0.866. The second kappa shape index (κ2) is 10.3. The Kier molecular flexibility index (Phi) is 7.38. The smallest absolute Gasteiger partial charge is 0.325 e. The van der Waals surface area contributed by atoms with Crippen LogP contribution in [0.5, 0.6) is 0 Å². The number of likely N-dealkylation sites (tertiary alicyclic amines) is 1. The zero-order valence-corrected chi connectivity index (χ0v) is 20.7. The molecule has 4 rings (SSSR count). The van der Waals surface area contributed by atoms with Crippen molar-refractivity contribution in [3.05, 3.63) is 46.3 Å². The molecule has 0 aromatic carbocycles. The monoisotopic (exact) mass is 486 g/mol. The molecule has 2 aliphatic rings. The maximum absolute atomic E-state index is 13.6. The first-order chi connectivity index (χ1) is 16.0. The highest BCUT2D eigenvalue weighted by atomic mass is 32.2. The Hall–Kier alpha value is -2.39. The number of urea groups is 1. The Morgan fingerprint density at radius 3 is 2.73 bits per heavy atom. The van der Waals surface area contributed by atoms with Gasteiger partial charge in [-0.2, -0.15) is 0 Å². The van der Waals surface area contributed by atoms with Crippen molar-refractivity contribution in [2.24, 2.45) is 5.92 Å². The number of nitrogens with one attached hydrogen (secondary N) is 1. The Balaban J connectivity index is 1.45. The van der Waals surface area contributed by atoms with Gasteiger partial charge in [-0.1, -0.05) is 19.4 Å². The Bertz CT molecular complexity index is 1000. The van der Waals surface area contributed by atoms with Crippen LogP contribution >= 0.6 is 23.1 Å². The van der Waals surface area contributed by atoms with Crippen LogP contribution in [0.2, 0.25) is 0 Å². The first-order valence-corrected chi connectivity index (χ1v) is 13.6. The highest BCUT2D eigenvalue weighted by Gasteiger charge is 2.55. The number of carbonyl (C=O) groups excluding carboxylic acids is 3. The number of hydrogen-bond acceptors (Lipinski definition) is 6. The molecule has 4 amide bonds. The van der Waals surface area contributed by atoms with E-state index in [1.165, 1.54) is 16.7 Å². The molecule has 0 unspecified atom stereocenters. The van der Waals surface area contributed by atoms with Crippen LogP contribution in [0.3, 0.4) is 0 Å². The maximum atomic E-state index is 13.6. The maximum Gasteiger partial charge on any atom is 0.325 e. The molecule has 2 fully saturated rings. The van der Waals surface area contributed by atoms with Crippen molar-refractivity contribution in [2.45, 2.75) is 49.6 Å². The number of hydrogen-bond donors (Lipinski definition) is 1. The fraction of sp³-hybridized carbons (Fsp3) is 0.500. The van der Waals surface area contributed by atoms with Gasteiger partial charge >= 0.3 is 6.03 Å². The summed E-state index contributed by atoms with van der Waals surface area (Å²) in [4.78, 5) is 48.2. The van der Waals surface area contributed by atoms with E-state index in [1.807, 2.05) is 41.7 Å². The second-order valence-corrected chi connectivity index (χ2v) is 10.4. The predicted octanol–water partition coefficient (Wildman–Crippen LogP) is 4.05. The average Bonchev–Trinajstić information content (AvgIpc) is 3.44. The fourth-order valence-electron chi connectivity index (χ4n) is 5.03. The van der Waals surface area contributed by atoms with E-state index in [0.29, 0.717) is 50.9 Å². The number of imide groups is 1. The Labute approximate surface area is 202 Å². The van der Waals surface area contributed by atoms with Crippen LogP contribution in [-0.4, -0.2) is 64.1 Å². The molecule has 2 aromatic rings. The molecular weight excluding hydrogens is 456 g/mol. The molecule has 7 nitrogen and oxygen atoms in total. The lowest BCUT2D eigenvalue weighted by Crippen LogP contribution is -2.56. The van der Waals surface area contributed by atoms with Crippen LogP contribution in [0.25, 0.3) is 0 Å². The number of rotatable bonds is 8. The largest absolute Gasteiger partial charge is 0.339 e. The lowest BCUT2D eigenvalue weighted by molar-refractivity contribution is -0.134. The SMILES string of the molecule is CCC[C@@]1(C2CCN(C(=O)c3cccnc3SC)CC2)NC(=O)N(CCc2cccs2)C1=O. The van der Waals surface area contributed by atoms with E-state index in [4.69, 9.17) is 0 Å². The Morgan fingerprint density at radius 2 is 2.06 bits per heavy atom. The average molecular weight is 487 g/mol. The fourth-order valence-corrected chi connectivity index (χ4v) is 6.27. The summed E-state index contributed by atoms with van der Waals surface area (Å²) >= 11 is 3.10. The third kappa shape index (κ3) is 4.66. The summed E-state index contributed by atoms with van der Waals surface area (Å²) in [7, 11) is 0. The van der Waals surface area contributed by atoms with Crippen molar-refractivity contribution in [3.63, 3.8) is 0 Å². The van der Waals surface area contributed by atoms with Gasteiger partial charge in [0.2, 0.25) is 0 Å². The molecule has 2 aromatic heterocycles. The van der Waals surface area contributed by atoms with Crippen LogP contribution < -0.4 is 5.32 Å². The quantitative estimate of drug-likeness (QED) is 0.450. The summed E-state index contributed by atoms with van der Waals surface area (Å²) in [6.07, 6.45) is 7.08. The minimum Gasteiger partial charge on any atom is -0.339 e. The summed E-state index contributed by atoms with van der Waals surface area (Å²) in [5.41, 5.74) is -0.244. The van der Waals surface area contributed by atoms with E-state index in [2.05, 4.69) is 10.3 Å². The highest BCUT2D eigenvalue weighted by molar-refractivity contribution is 7.98. The van der Waals surface area contributed by atoms with Crippen molar-refractivity contribution in [3.8, 4) is 0 Å². The molecule has 9 heteroatoms. The van der Waals surface area contributed by atoms with Crippen LogP contribution in [-0.2, 0) is 11.2 Å². The van der Waals surface area contributed by atoms with Gasteiger partial charge in [0.25, 0.3) is 11.8 Å². The molecule has 33 heavy (non-hydrogen) atoms. The van der Waals surface area contributed by atoms with Gasteiger partial charge in [0, 0.05) is 30.7 Å². The van der Waals surface area contributed by atoms with Crippen LogP contribution in [0.4, 0.5) is 4.79 Å². The van der Waals surface area contributed by atoms with Crippen molar-refractivity contribution in [1.29, 1.82) is 0 Å². The molecular formula is C24H30N4O3S2. The molecule has 0 bridgehead atoms. The molecule has 1 N–H and O–H groups in total. The highest BCUT2D eigenvalue weighted by Crippen LogP contribution is 2.37. The van der Waals surface area contributed by atoms with Gasteiger partial charge in [-0.15, -0.1) is 23.1 Å². The number of piperidine rings is 1.